The average molecular weight is 549 g/mol. The zero-order valence-corrected chi connectivity index (χ0v) is 22.7. The zero-order chi connectivity index (χ0) is 25.8. The van der Waals surface area contributed by atoms with E-state index in [1.807, 2.05) is 0 Å². The quantitative estimate of drug-likeness (QED) is 0.494. The number of carbonyl (C=O) groups is 2. The molecule has 0 spiro atoms. The summed E-state index contributed by atoms with van der Waals surface area (Å²) in [4.78, 5) is 27.6. The van der Waals surface area contributed by atoms with Crippen molar-refractivity contribution < 1.29 is 18.0 Å². The molecule has 0 aliphatic carbocycles. The predicted molar refractivity (Wildman–Crippen MR) is 138 cm³/mol. The predicted octanol–water partition coefficient (Wildman–Crippen LogP) is 4.66. The lowest BCUT2D eigenvalue weighted by atomic mass is 10.1. The van der Waals surface area contributed by atoms with Crippen LogP contribution in [0.25, 0.3) is 0 Å². The van der Waals surface area contributed by atoms with Gasteiger partial charge in [0.1, 0.15) is 12.6 Å². The summed E-state index contributed by atoms with van der Waals surface area (Å²) < 4.78 is 26.3. The van der Waals surface area contributed by atoms with Crippen molar-refractivity contribution in [2.24, 2.45) is 0 Å². The minimum absolute atomic E-state index is 0.0872. The molecule has 0 aliphatic rings. The molecule has 2 aromatic carbocycles. The molecule has 0 saturated carbocycles. The van der Waals surface area contributed by atoms with Gasteiger partial charge in [-0.05, 0) is 57.5 Å². The number of rotatable bonds is 9. The Balaban J connectivity index is 2.50. The van der Waals surface area contributed by atoms with Gasteiger partial charge in [0.25, 0.3) is 0 Å². The maximum atomic E-state index is 13.5. The van der Waals surface area contributed by atoms with E-state index in [1.54, 1.807) is 64.1 Å². The smallest absolute Gasteiger partial charge is 0.244 e. The highest BCUT2D eigenvalue weighted by Gasteiger charge is 2.31. The Morgan fingerprint density at radius 2 is 1.50 bits per heavy atom. The number of hydrogen-bond acceptors (Lipinski definition) is 4. The van der Waals surface area contributed by atoms with Gasteiger partial charge in [-0.3, -0.25) is 13.9 Å². The van der Waals surface area contributed by atoms with E-state index in [4.69, 9.17) is 34.8 Å². The highest BCUT2D eigenvalue weighted by atomic mass is 35.5. The van der Waals surface area contributed by atoms with Crippen LogP contribution in [0.2, 0.25) is 15.1 Å². The second-order valence-electron chi connectivity index (χ2n) is 8.21. The van der Waals surface area contributed by atoms with E-state index in [0.717, 1.165) is 10.6 Å². The fourth-order valence-corrected chi connectivity index (χ4v) is 4.89. The van der Waals surface area contributed by atoms with Crippen LogP contribution in [-0.2, 0) is 26.2 Å². The lowest BCUT2D eigenvalue weighted by molar-refractivity contribution is -0.139. The minimum Gasteiger partial charge on any atom is -0.352 e. The summed E-state index contributed by atoms with van der Waals surface area (Å²) in [5, 5.41) is 3.79. The lowest BCUT2D eigenvalue weighted by Crippen LogP contribution is -2.52. The first-order chi connectivity index (χ1) is 15.7. The van der Waals surface area contributed by atoms with Crippen LogP contribution in [-0.4, -0.2) is 50.0 Å². The Labute approximate surface area is 216 Å². The minimum atomic E-state index is -3.87. The Bertz CT molecular complexity index is 1150. The summed E-state index contributed by atoms with van der Waals surface area (Å²) >= 11 is 18.8. The molecule has 1 N–H and O–H groups in total. The lowest BCUT2D eigenvalue weighted by Gasteiger charge is -2.32. The van der Waals surface area contributed by atoms with Crippen LogP contribution in [0, 0.1) is 6.92 Å². The van der Waals surface area contributed by atoms with Gasteiger partial charge in [-0.15, -0.1) is 0 Å². The Morgan fingerprint density at radius 1 is 0.971 bits per heavy atom. The molecule has 186 valence electrons. The number of hydrogen-bond donors (Lipinski definition) is 1. The zero-order valence-electron chi connectivity index (χ0n) is 19.6. The standard InChI is InChI=1S/C23H28Cl3N3O4S/c1-14(2)27-23(31)16(4)28(12-17-19(25)9-6-10-20(17)26)22(30)13-29(34(5,32)33)21-11-7-8-18(24)15(21)3/h6-11,14,16H,12-13H2,1-5H3,(H,27,31). The van der Waals surface area contributed by atoms with Gasteiger partial charge < -0.3 is 10.2 Å². The topological polar surface area (TPSA) is 86.8 Å². The summed E-state index contributed by atoms with van der Waals surface area (Å²) in [7, 11) is -3.87. The van der Waals surface area contributed by atoms with E-state index >= 15 is 0 Å². The van der Waals surface area contributed by atoms with E-state index in [9.17, 15) is 18.0 Å². The Hall–Kier alpha value is -2.00. The van der Waals surface area contributed by atoms with Crippen LogP contribution in [0.1, 0.15) is 31.9 Å². The molecule has 0 fully saturated rings. The second-order valence-corrected chi connectivity index (χ2v) is 11.3. The van der Waals surface area contributed by atoms with Crippen molar-refractivity contribution in [2.45, 2.75) is 46.3 Å². The van der Waals surface area contributed by atoms with Crippen LogP contribution >= 0.6 is 34.8 Å². The number of carbonyl (C=O) groups excluding carboxylic acids is 2. The Morgan fingerprint density at radius 3 is 2.03 bits per heavy atom. The molecule has 2 amide bonds. The molecule has 0 aromatic heterocycles. The molecule has 1 unspecified atom stereocenters. The first kappa shape index (κ1) is 28.2. The van der Waals surface area contributed by atoms with Crippen molar-refractivity contribution in [3.05, 3.63) is 62.6 Å². The van der Waals surface area contributed by atoms with Crippen LogP contribution in [0.4, 0.5) is 5.69 Å². The molecule has 0 radical (unpaired) electrons. The number of amides is 2. The number of benzene rings is 2. The largest absolute Gasteiger partial charge is 0.352 e. The van der Waals surface area contributed by atoms with E-state index in [1.165, 1.54) is 4.90 Å². The highest BCUT2D eigenvalue weighted by Crippen LogP contribution is 2.30. The summed E-state index contributed by atoms with van der Waals surface area (Å²) in [5.41, 5.74) is 1.24. The van der Waals surface area contributed by atoms with Crippen LogP contribution in [0.3, 0.4) is 0 Å². The van der Waals surface area contributed by atoms with Crippen molar-refractivity contribution in [3.63, 3.8) is 0 Å². The SMILES string of the molecule is Cc1c(Cl)cccc1N(CC(=O)N(Cc1c(Cl)cccc1Cl)C(C)C(=O)NC(C)C)S(C)(=O)=O. The molecule has 11 heteroatoms. The summed E-state index contributed by atoms with van der Waals surface area (Å²) in [6, 6.07) is 8.65. The van der Waals surface area contributed by atoms with Gasteiger partial charge in [-0.2, -0.15) is 0 Å². The van der Waals surface area contributed by atoms with Gasteiger partial charge in [-0.1, -0.05) is 46.9 Å². The molecule has 1 atom stereocenters. The third-order valence-electron chi connectivity index (χ3n) is 5.18. The normalized spacial score (nSPS) is 12.4. The van der Waals surface area contributed by atoms with E-state index < -0.39 is 34.4 Å². The molecule has 0 heterocycles. The maximum absolute atomic E-state index is 13.5. The third kappa shape index (κ3) is 7.01. The molecule has 2 rings (SSSR count). The van der Waals surface area contributed by atoms with Crippen molar-refractivity contribution in [1.82, 2.24) is 10.2 Å². The fourth-order valence-electron chi connectivity index (χ4n) is 3.30. The number of nitrogens with zero attached hydrogens (tertiary/aromatic N) is 2. The average Bonchev–Trinajstić information content (AvgIpc) is 2.72. The number of halogens is 3. The fraction of sp³-hybridized carbons (Fsp3) is 0.391. The van der Waals surface area contributed by atoms with Crippen LogP contribution in [0.15, 0.2) is 36.4 Å². The van der Waals surface area contributed by atoms with Crippen molar-refractivity contribution in [2.75, 3.05) is 17.1 Å². The molecular formula is C23H28Cl3N3O4S. The van der Waals surface area contributed by atoms with Gasteiger partial charge in [0, 0.05) is 33.2 Å². The van der Waals surface area contributed by atoms with Crippen molar-refractivity contribution in [1.29, 1.82) is 0 Å². The monoisotopic (exact) mass is 547 g/mol. The first-order valence-electron chi connectivity index (χ1n) is 10.5. The summed E-state index contributed by atoms with van der Waals surface area (Å²) in [5.74, 6) is -0.997. The molecule has 7 nitrogen and oxygen atoms in total. The van der Waals surface area contributed by atoms with Crippen molar-refractivity contribution >= 4 is 62.3 Å². The number of sulfonamides is 1. The van der Waals surface area contributed by atoms with Gasteiger partial charge in [0.2, 0.25) is 21.8 Å². The molecule has 0 bridgehead atoms. The molecule has 34 heavy (non-hydrogen) atoms. The first-order valence-corrected chi connectivity index (χ1v) is 13.5. The molecule has 2 aromatic rings. The number of nitrogens with one attached hydrogen (secondary N) is 1. The molecule has 0 saturated heterocycles. The maximum Gasteiger partial charge on any atom is 0.244 e. The van der Waals surface area contributed by atoms with Gasteiger partial charge in [0.15, 0.2) is 0 Å². The molecule has 0 aliphatic heterocycles. The van der Waals surface area contributed by atoms with Gasteiger partial charge in [-0.25, -0.2) is 8.42 Å². The number of anilines is 1. The van der Waals surface area contributed by atoms with E-state index in [0.29, 0.717) is 26.2 Å². The van der Waals surface area contributed by atoms with Crippen molar-refractivity contribution in [3.8, 4) is 0 Å². The highest BCUT2D eigenvalue weighted by molar-refractivity contribution is 7.92. The van der Waals surface area contributed by atoms with Crippen LogP contribution in [0.5, 0.6) is 0 Å². The van der Waals surface area contributed by atoms with Gasteiger partial charge in [0.05, 0.1) is 11.9 Å². The summed E-state index contributed by atoms with van der Waals surface area (Å²) in [6.07, 6.45) is 1.00. The van der Waals surface area contributed by atoms with E-state index in [2.05, 4.69) is 5.32 Å². The third-order valence-corrected chi connectivity index (χ3v) is 7.42. The van der Waals surface area contributed by atoms with Crippen LogP contribution < -0.4 is 9.62 Å². The van der Waals surface area contributed by atoms with E-state index in [-0.39, 0.29) is 18.3 Å². The van der Waals surface area contributed by atoms with Gasteiger partial charge >= 0.3 is 0 Å². The Kier molecular flexibility index (Phi) is 9.65. The summed E-state index contributed by atoms with van der Waals surface area (Å²) in [6.45, 7) is 6.21. The molecular weight excluding hydrogens is 521 g/mol. The second kappa shape index (κ2) is 11.6.